The molecule has 3 N–H and O–H groups in total. The molecule has 3 aromatic rings. The van der Waals surface area contributed by atoms with E-state index in [0.29, 0.717) is 36.5 Å². The third kappa shape index (κ3) is 7.51. The lowest BCUT2D eigenvalue weighted by Gasteiger charge is -2.09. The number of ether oxygens (including phenoxy) is 2. The van der Waals surface area contributed by atoms with Crippen LogP contribution in [0.4, 0.5) is 5.69 Å². The predicted octanol–water partition coefficient (Wildman–Crippen LogP) is 5.61. The number of benzene rings is 3. The van der Waals surface area contributed by atoms with Crippen LogP contribution in [0, 0.1) is 0 Å². The van der Waals surface area contributed by atoms with Gasteiger partial charge in [0.05, 0.1) is 31.9 Å². The van der Waals surface area contributed by atoms with Gasteiger partial charge in [0.1, 0.15) is 5.75 Å². The number of nitrogens with two attached hydrogens (primary N) is 1. The molecule has 0 aromatic heterocycles. The summed E-state index contributed by atoms with van der Waals surface area (Å²) in [5, 5.41) is 3.54. The number of rotatable bonds is 8. The molecule has 3 rings (SSSR count). The molecule has 0 atom stereocenters. The molecule has 0 aliphatic rings. The first kappa shape index (κ1) is 24.0. The molecule has 3 aromatic carbocycles. The second-order valence-corrected chi connectivity index (χ2v) is 6.88. The second kappa shape index (κ2) is 12.4. The van der Waals surface area contributed by atoms with Gasteiger partial charge >= 0.3 is 0 Å². The zero-order chi connectivity index (χ0) is 20.5. The number of hydrogen-bond donors (Lipinski definition) is 2. The fourth-order valence-electron chi connectivity index (χ4n) is 2.71. The highest BCUT2D eigenvalue weighted by Gasteiger charge is 2.03. The molecule has 0 fully saturated rings. The van der Waals surface area contributed by atoms with E-state index in [1.807, 2.05) is 48.5 Å². The number of anilines is 1. The summed E-state index contributed by atoms with van der Waals surface area (Å²) in [7, 11) is 1.57. The van der Waals surface area contributed by atoms with Crippen LogP contribution in [0.25, 0.3) is 0 Å². The fourth-order valence-corrected chi connectivity index (χ4v) is 2.97. The summed E-state index contributed by atoms with van der Waals surface area (Å²) in [5.74, 6) is 0.932. The third-order valence-electron chi connectivity index (χ3n) is 4.26. The van der Waals surface area contributed by atoms with Crippen LogP contribution < -0.4 is 15.8 Å². The van der Waals surface area contributed by atoms with Gasteiger partial charge in [0.15, 0.2) is 5.96 Å². The average molecular weight is 538 g/mol. The molecule has 5 nitrogen and oxygen atoms in total. The van der Waals surface area contributed by atoms with E-state index in [2.05, 4.69) is 22.4 Å². The standard InChI is InChI=1S/C23H24ClN3O2.HI/c1-28-22-12-11-20(13-21(22)24)27-23(25)26-14-17-7-9-19(10-8-17)16-29-15-18-5-3-2-4-6-18;/h2-13H,14-16H2,1H3,(H3,25,26,27);1H. The van der Waals surface area contributed by atoms with Crippen molar-refractivity contribution in [2.45, 2.75) is 19.8 Å². The molecule has 0 spiro atoms. The highest BCUT2D eigenvalue weighted by molar-refractivity contribution is 14.0. The van der Waals surface area contributed by atoms with Crippen molar-refractivity contribution in [3.63, 3.8) is 0 Å². The minimum atomic E-state index is 0. The Bertz CT molecular complexity index is 950. The summed E-state index contributed by atoms with van der Waals surface area (Å²) >= 11 is 6.12. The maximum Gasteiger partial charge on any atom is 0.193 e. The van der Waals surface area contributed by atoms with Crippen LogP contribution in [0.3, 0.4) is 0 Å². The first-order valence-electron chi connectivity index (χ1n) is 9.24. The van der Waals surface area contributed by atoms with Crippen LogP contribution in [0.5, 0.6) is 5.75 Å². The Morgan fingerprint density at radius 2 is 1.57 bits per heavy atom. The zero-order valence-electron chi connectivity index (χ0n) is 16.7. The monoisotopic (exact) mass is 537 g/mol. The number of nitrogens with one attached hydrogen (secondary N) is 1. The smallest absolute Gasteiger partial charge is 0.193 e. The summed E-state index contributed by atoms with van der Waals surface area (Å²) in [6.07, 6.45) is 0. The number of aliphatic imine (C=N–C) groups is 1. The molecule has 0 aliphatic heterocycles. The van der Waals surface area contributed by atoms with Gasteiger partial charge in [-0.15, -0.1) is 24.0 Å². The van der Waals surface area contributed by atoms with Crippen LogP contribution in [0.15, 0.2) is 77.8 Å². The molecular formula is C23H25ClIN3O2. The van der Waals surface area contributed by atoms with Crippen molar-refractivity contribution in [1.82, 2.24) is 0 Å². The fraction of sp³-hybridized carbons (Fsp3) is 0.174. The van der Waals surface area contributed by atoms with E-state index in [1.165, 1.54) is 5.56 Å². The molecule has 0 aliphatic carbocycles. The van der Waals surface area contributed by atoms with Gasteiger partial charge in [0, 0.05) is 5.69 Å². The van der Waals surface area contributed by atoms with Crippen LogP contribution in [0.1, 0.15) is 16.7 Å². The largest absolute Gasteiger partial charge is 0.495 e. The van der Waals surface area contributed by atoms with Crippen molar-refractivity contribution in [1.29, 1.82) is 0 Å². The molecule has 158 valence electrons. The van der Waals surface area contributed by atoms with Gasteiger partial charge < -0.3 is 20.5 Å². The first-order valence-corrected chi connectivity index (χ1v) is 9.62. The Kier molecular flexibility index (Phi) is 9.93. The van der Waals surface area contributed by atoms with Crippen molar-refractivity contribution in [3.8, 4) is 5.75 Å². The normalized spacial score (nSPS) is 10.9. The maximum atomic E-state index is 6.12. The lowest BCUT2D eigenvalue weighted by Crippen LogP contribution is -2.22. The Morgan fingerprint density at radius 3 is 2.20 bits per heavy atom. The number of halogens is 2. The average Bonchev–Trinajstić information content (AvgIpc) is 2.74. The van der Waals surface area contributed by atoms with Crippen molar-refractivity contribution in [2.75, 3.05) is 12.4 Å². The summed E-state index contributed by atoms with van der Waals surface area (Å²) in [5.41, 5.74) is 10.1. The van der Waals surface area contributed by atoms with E-state index in [0.717, 1.165) is 16.8 Å². The van der Waals surface area contributed by atoms with E-state index >= 15 is 0 Å². The van der Waals surface area contributed by atoms with E-state index in [1.54, 1.807) is 19.2 Å². The van der Waals surface area contributed by atoms with Crippen LogP contribution >= 0.6 is 35.6 Å². The molecule has 0 amide bonds. The summed E-state index contributed by atoms with van der Waals surface area (Å²) in [4.78, 5) is 4.37. The van der Waals surface area contributed by atoms with Gasteiger partial charge in [-0.1, -0.05) is 66.2 Å². The van der Waals surface area contributed by atoms with Gasteiger partial charge in [-0.2, -0.15) is 0 Å². The quantitative estimate of drug-likeness (QED) is 0.223. The van der Waals surface area contributed by atoms with E-state index < -0.39 is 0 Å². The summed E-state index contributed by atoms with van der Waals surface area (Å²) in [6, 6.07) is 23.6. The minimum absolute atomic E-state index is 0. The van der Waals surface area contributed by atoms with Gasteiger partial charge in [-0.05, 0) is 34.9 Å². The lowest BCUT2D eigenvalue weighted by molar-refractivity contribution is 0.107. The van der Waals surface area contributed by atoms with Gasteiger partial charge in [-0.25, -0.2) is 4.99 Å². The number of methoxy groups -OCH3 is 1. The summed E-state index contributed by atoms with van der Waals surface area (Å²) in [6.45, 7) is 1.65. The Balaban J connectivity index is 0.00000320. The summed E-state index contributed by atoms with van der Waals surface area (Å²) < 4.78 is 10.9. The van der Waals surface area contributed by atoms with Crippen LogP contribution in [-0.4, -0.2) is 13.1 Å². The van der Waals surface area contributed by atoms with Crippen molar-refractivity contribution in [3.05, 3.63) is 94.5 Å². The van der Waals surface area contributed by atoms with Crippen LogP contribution in [0.2, 0.25) is 5.02 Å². The van der Waals surface area contributed by atoms with Gasteiger partial charge in [0.25, 0.3) is 0 Å². The van der Waals surface area contributed by atoms with Gasteiger partial charge in [-0.3, -0.25) is 0 Å². The molecule has 0 saturated carbocycles. The molecule has 0 heterocycles. The molecule has 7 heteroatoms. The molecule has 0 bridgehead atoms. The van der Waals surface area contributed by atoms with E-state index in [-0.39, 0.29) is 24.0 Å². The lowest BCUT2D eigenvalue weighted by atomic mass is 10.1. The van der Waals surface area contributed by atoms with Crippen LogP contribution in [-0.2, 0) is 24.5 Å². The second-order valence-electron chi connectivity index (χ2n) is 6.47. The Labute approximate surface area is 199 Å². The number of hydrogen-bond acceptors (Lipinski definition) is 3. The molecule has 0 radical (unpaired) electrons. The first-order chi connectivity index (χ1) is 14.1. The molecule has 0 unspecified atom stereocenters. The topological polar surface area (TPSA) is 68.9 Å². The molecular weight excluding hydrogens is 513 g/mol. The third-order valence-corrected chi connectivity index (χ3v) is 4.55. The number of guanidine groups is 1. The van der Waals surface area contributed by atoms with Crippen molar-refractivity contribution < 1.29 is 9.47 Å². The molecule has 30 heavy (non-hydrogen) atoms. The SMILES string of the molecule is COc1ccc(NC(N)=NCc2ccc(COCc3ccccc3)cc2)cc1Cl.I. The minimum Gasteiger partial charge on any atom is -0.495 e. The number of nitrogens with zero attached hydrogens (tertiary/aromatic N) is 1. The molecule has 0 saturated heterocycles. The highest BCUT2D eigenvalue weighted by atomic mass is 127. The Morgan fingerprint density at radius 1 is 0.933 bits per heavy atom. The Hall–Kier alpha value is -2.29. The van der Waals surface area contributed by atoms with Gasteiger partial charge in [0.2, 0.25) is 0 Å². The van der Waals surface area contributed by atoms with E-state index in [9.17, 15) is 0 Å². The van der Waals surface area contributed by atoms with Crippen molar-refractivity contribution >= 4 is 47.2 Å². The van der Waals surface area contributed by atoms with Crippen molar-refractivity contribution in [2.24, 2.45) is 10.7 Å². The zero-order valence-corrected chi connectivity index (χ0v) is 19.8. The predicted molar refractivity (Wildman–Crippen MR) is 134 cm³/mol. The maximum absolute atomic E-state index is 6.12. The van der Waals surface area contributed by atoms with E-state index in [4.69, 9.17) is 26.8 Å². The highest BCUT2D eigenvalue weighted by Crippen LogP contribution is 2.27.